The summed E-state index contributed by atoms with van der Waals surface area (Å²) in [4.78, 5) is 44.8. The number of nitrogens with one attached hydrogen (secondary N) is 2. The number of carboxylic acid groups (broad SMARTS) is 1. The van der Waals surface area contributed by atoms with Gasteiger partial charge >= 0.3 is 18.2 Å². The number of hydrogen-bond donors (Lipinski definition) is 3. The highest BCUT2D eigenvalue weighted by atomic mass is 16.6. The summed E-state index contributed by atoms with van der Waals surface area (Å²) in [7, 11) is 0. The van der Waals surface area contributed by atoms with Crippen LogP contribution in [0, 0.1) is 0 Å². The highest BCUT2D eigenvalue weighted by molar-refractivity contribution is 5.80. The Balaban J connectivity index is 3.97. The van der Waals surface area contributed by atoms with Gasteiger partial charge in [0, 0.05) is 13.0 Å². The van der Waals surface area contributed by atoms with Gasteiger partial charge in [-0.15, -0.1) is 0 Å². The van der Waals surface area contributed by atoms with E-state index in [0.717, 1.165) is 0 Å². The summed E-state index contributed by atoms with van der Waals surface area (Å²) in [6.45, 7) is 6.79. The Morgan fingerprint density at radius 2 is 1.72 bits per heavy atom. The molecule has 0 aliphatic heterocycles. The van der Waals surface area contributed by atoms with Crippen molar-refractivity contribution in [2.75, 3.05) is 13.2 Å². The molecule has 25 heavy (non-hydrogen) atoms. The molecule has 0 radical (unpaired) electrons. The van der Waals surface area contributed by atoms with Gasteiger partial charge in [-0.25, -0.2) is 14.4 Å². The van der Waals surface area contributed by atoms with E-state index in [1.54, 1.807) is 20.8 Å². The maximum atomic E-state index is 11.6. The third kappa shape index (κ3) is 13.8. The fourth-order valence-electron chi connectivity index (χ4n) is 1.71. The Hall–Kier alpha value is -2.32. The number of hydrogen-bond acceptors (Lipinski definition) is 6. The zero-order chi connectivity index (χ0) is 19.5. The Kier molecular flexibility index (Phi) is 10.2. The minimum Gasteiger partial charge on any atom is -0.480 e. The van der Waals surface area contributed by atoms with Crippen molar-refractivity contribution in [1.82, 2.24) is 10.6 Å². The number of carboxylic acids is 1. The van der Waals surface area contributed by atoms with Crippen molar-refractivity contribution in [1.29, 1.82) is 0 Å². The Morgan fingerprint density at radius 3 is 2.24 bits per heavy atom. The van der Waals surface area contributed by atoms with Crippen molar-refractivity contribution in [2.45, 2.75) is 65.0 Å². The van der Waals surface area contributed by atoms with E-state index < -0.39 is 29.8 Å². The lowest BCUT2D eigenvalue weighted by Crippen LogP contribution is -2.43. The molecule has 1 atom stereocenters. The smallest absolute Gasteiger partial charge is 0.408 e. The van der Waals surface area contributed by atoms with Crippen LogP contribution in [-0.4, -0.2) is 53.8 Å². The van der Waals surface area contributed by atoms with E-state index in [1.807, 2.05) is 0 Å². The topological polar surface area (TPSA) is 131 Å². The lowest BCUT2D eigenvalue weighted by molar-refractivity contribution is -0.139. The monoisotopic (exact) mass is 360 g/mol. The van der Waals surface area contributed by atoms with Gasteiger partial charge in [0.25, 0.3) is 0 Å². The molecular weight excluding hydrogens is 332 g/mol. The van der Waals surface area contributed by atoms with E-state index in [-0.39, 0.29) is 25.2 Å². The van der Waals surface area contributed by atoms with E-state index in [0.29, 0.717) is 19.4 Å². The van der Waals surface area contributed by atoms with Crippen molar-refractivity contribution in [3.8, 4) is 0 Å². The summed E-state index contributed by atoms with van der Waals surface area (Å²) in [6.07, 6.45) is -0.0446. The summed E-state index contributed by atoms with van der Waals surface area (Å²) in [6, 6.07) is -1.06. The van der Waals surface area contributed by atoms with Gasteiger partial charge in [0.1, 0.15) is 24.0 Å². The molecule has 0 rings (SSSR count). The molecule has 0 unspecified atom stereocenters. The lowest BCUT2D eigenvalue weighted by atomic mass is 10.1. The van der Waals surface area contributed by atoms with Crippen molar-refractivity contribution >= 4 is 23.9 Å². The molecule has 0 aliphatic carbocycles. The third-order valence-corrected chi connectivity index (χ3v) is 2.87. The Bertz CT molecular complexity index is 472. The second-order valence-corrected chi connectivity index (χ2v) is 6.55. The second kappa shape index (κ2) is 11.3. The van der Waals surface area contributed by atoms with Gasteiger partial charge in [0.05, 0.1) is 0 Å². The molecule has 0 aromatic heterocycles. The first kappa shape index (κ1) is 22.7. The number of rotatable bonds is 10. The molecule has 9 heteroatoms. The minimum absolute atomic E-state index is 0.0298. The number of Topliss-reactive ketones (excluding diaryl/α,β-unsaturated/α-hetero) is 1. The Morgan fingerprint density at radius 1 is 1.08 bits per heavy atom. The molecule has 3 N–H and O–H groups in total. The van der Waals surface area contributed by atoms with Crippen molar-refractivity contribution in [2.24, 2.45) is 0 Å². The summed E-state index contributed by atoms with van der Waals surface area (Å²) in [5.74, 6) is -1.22. The molecule has 0 aromatic rings. The van der Waals surface area contributed by atoms with Crippen LogP contribution >= 0.6 is 0 Å². The minimum atomic E-state index is -1.15. The van der Waals surface area contributed by atoms with Crippen LogP contribution in [-0.2, 0) is 19.1 Å². The average molecular weight is 360 g/mol. The number of alkyl carbamates (subject to hydrolysis) is 2. The molecule has 0 bridgehead atoms. The number of ether oxygens (including phenoxy) is 2. The predicted molar refractivity (Wildman–Crippen MR) is 89.3 cm³/mol. The number of carbonyl (C=O) groups is 4. The van der Waals surface area contributed by atoms with Gasteiger partial charge < -0.3 is 25.2 Å². The zero-order valence-electron chi connectivity index (χ0n) is 15.2. The molecule has 0 saturated carbocycles. The normalized spacial score (nSPS) is 12.0. The number of carbonyl (C=O) groups excluding carboxylic acids is 3. The maximum absolute atomic E-state index is 11.6. The van der Waals surface area contributed by atoms with Gasteiger partial charge in [-0.3, -0.25) is 4.79 Å². The molecule has 0 fully saturated rings. The van der Waals surface area contributed by atoms with E-state index in [4.69, 9.17) is 14.6 Å². The number of unbranched alkanes of at least 4 members (excludes halogenated alkanes) is 1. The first-order valence-corrected chi connectivity index (χ1v) is 8.13. The van der Waals surface area contributed by atoms with Crippen LogP contribution in [0.3, 0.4) is 0 Å². The number of aliphatic carboxylic acids is 1. The van der Waals surface area contributed by atoms with Gasteiger partial charge in [-0.2, -0.15) is 0 Å². The van der Waals surface area contributed by atoms with Crippen molar-refractivity contribution in [3.63, 3.8) is 0 Å². The molecule has 0 heterocycles. The van der Waals surface area contributed by atoms with Crippen LogP contribution in [0.5, 0.6) is 0 Å². The maximum Gasteiger partial charge on any atom is 0.408 e. The van der Waals surface area contributed by atoms with E-state index in [1.165, 1.54) is 6.92 Å². The van der Waals surface area contributed by atoms with Crippen LogP contribution in [0.4, 0.5) is 9.59 Å². The summed E-state index contributed by atoms with van der Waals surface area (Å²) >= 11 is 0. The van der Waals surface area contributed by atoms with Crippen LogP contribution in [0.15, 0.2) is 0 Å². The molecule has 0 saturated heterocycles. The van der Waals surface area contributed by atoms with Gasteiger partial charge in [0.15, 0.2) is 0 Å². The predicted octanol–water partition coefficient (Wildman–Crippen LogP) is 1.84. The molecule has 0 aliphatic rings. The van der Waals surface area contributed by atoms with Crippen LogP contribution in [0.2, 0.25) is 0 Å². The number of amides is 2. The quantitative estimate of drug-likeness (QED) is 0.507. The fourth-order valence-corrected chi connectivity index (χ4v) is 1.71. The lowest BCUT2D eigenvalue weighted by Gasteiger charge is -2.22. The Labute approximate surface area is 147 Å². The molecular formula is C16H28N2O7. The average Bonchev–Trinajstić information content (AvgIpc) is 2.43. The first-order valence-electron chi connectivity index (χ1n) is 8.13. The summed E-state index contributed by atoms with van der Waals surface area (Å²) in [5, 5.41) is 13.9. The van der Waals surface area contributed by atoms with Gasteiger partial charge in [0.2, 0.25) is 0 Å². The largest absolute Gasteiger partial charge is 0.480 e. The first-order chi connectivity index (χ1) is 11.5. The van der Waals surface area contributed by atoms with E-state index in [9.17, 15) is 19.2 Å². The molecule has 0 spiro atoms. The van der Waals surface area contributed by atoms with Crippen molar-refractivity contribution < 1.29 is 33.8 Å². The molecule has 2 amide bonds. The molecule has 144 valence electrons. The highest BCUT2D eigenvalue weighted by Gasteiger charge is 2.23. The molecule has 0 aromatic carbocycles. The summed E-state index contributed by atoms with van der Waals surface area (Å²) in [5.41, 5.74) is -0.709. The second-order valence-electron chi connectivity index (χ2n) is 6.55. The van der Waals surface area contributed by atoms with Gasteiger partial charge in [-0.05, 0) is 47.0 Å². The van der Waals surface area contributed by atoms with Crippen molar-refractivity contribution in [3.05, 3.63) is 0 Å². The standard InChI is InChI=1S/C16H28N2O7/c1-11(19)8-10-24-14(22)17-9-6-5-7-12(13(20)21)18-15(23)25-16(2,3)4/h12H,5-10H2,1-4H3,(H,17,22)(H,18,23)(H,20,21)/t12-/m0/s1. The highest BCUT2D eigenvalue weighted by Crippen LogP contribution is 2.08. The van der Waals surface area contributed by atoms with Crippen LogP contribution in [0.25, 0.3) is 0 Å². The van der Waals surface area contributed by atoms with Crippen LogP contribution in [0.1, 0.15) is 53.4 Å². The van der Waals surface area contributed by atoms with Crippen LogP contribution < -0.4 is 10.6 Å². The van der Waals surface area contributed by atoms with E-state index >= 15 is 0 Å². The SMILES string of the molecule is CC(=O)CCOC(=O)NCCCC[C@H](NC(=O)OC(C)(C)C)C(=O)O. The fraction of sp³-hybridized carbons (Fsp3) is 0.750. The van der Waals surface area contributed by atoms with E-state index in [2.05, 4.69) is 10.6 Å². The molecule has 9 nitrogen and oxygen atoms in total. The zero-order valence-corrected chi connectivity index (χ0v) is 15.2. The van der Waals surface area contributed by atoms with Gasteiger partial charge in [-0.1, -0.05) is 0 Å². The summed E-state index contributed by atoms with van der Waals surface area (Å²) < 4.78 is 9.80. The third-order valence-electron chi connectivity index (χ3n) is 2.87. The number of ketones is 1.